The van der Waals surface area contributed by atoms with E-state index in [1.165, 1.54) is 12.8 Å². The molecule has 1 aliphatic carbocycles. The average molecular weight is 276 g/mol. The summed E-state index contributed by atoms with van der Waals surface area (Å²) in [5, 5.41) is 6.25. The molecule has 0 bridgehead atoms. The third kappa shape index (κ3) is 5.11. The molecule has 0 spiro atoms. The van der Waals surface area contributed by atoms with Crippen molar-refractivity contribution in [1.29, 1.82) is 0 Å². The van der Waals surface area contributed by atoms with Crippen molar-refractivity contribution < 1.29 is 9.53 Å². The van der Waals surface area contributed by atoms with E-state index in [9.17, 15) is 4.79 Å². The Morgan fingerprint density at radius 2 is 2.00 bits per heavy atom. The van der Waals surface area contributed by atoms with E-state index in [0.29, 0.717) is 6.54 Å². The quantitative estimate of drug-likeness (QED) is 0.865. The maximum absolute atomic E-state index is 11.7. The molecule has 0 aromatic heterocycles. The second kappa shape index (κ2) is 6.16. The molecule has 2 rings (SSSR count). The molecule has 1 aromatic rings. The minimum absolute atomic E-state index is 0.380. The van der Waals surface area contributed by atoms with Crippen LogP contribution in [0, 0.1) is 5.92 Å². The van der Waals surface area contributed by atoms with Gasteiger partial charge in [0.15, 0.2) is 0 Å². The second-order valence-corrected chi connectivity index (χ2v) is 6.34. The van der Waals surface area contributed by atoms with Crippen LogP contribution >= 0.6 is 0 Å². The first-order valence-corrected chi connectivity index (χ1v) is 7.23. The molecule has 1 amide bonds. The number of benzene rings is 1. The van der Waals surface area contributed by atoms with E-state index in [1.54, 1.807) is 0 Å². The minimum atomic E-state index is -0.464. The molecular weight excluding hydrogens is 252 g/mol. The van der Waals surface area contributed by atoms with Crippen LogP contribution in [0.15, 0.2) is 24.3 Å². The molecule has 0 unspecified atom stereocenters. The summed E-state index contributed by atoms with van der Waals surface area (Å²) in [7, 11) is 0. The zero-order chi connectivity index (χ0) is 14.6. The summed E-state index contributed by atoms with van der Waals surface area (Å²) in [4.78, 5) is 11.7. The topological polar surface area (TPSA) is 50.4 Å². The summed E-state index contributed by atoms with van der Waals surface area (Å²) in [6.07, 6.45) is 2.27. The highest BCUT2D eigenvalue weighted by molar-refractivity contribution is 5.68. The molecule has 0 radical (unpaired) electrons. The monoisotopic (exact) mass is 276 g/mol. The fraction of sp³-hybridized carbons (Fsp3) is 0.562. The van der Waals surface area contributed by atoms with E-state index in [-0.39, 0.29) is 6.09 Å². The number of rotatable bonds is 5. The van der Waals surface area contributed by atoms with Gasteiger partial charge < -0.3 is 15.4 Å². The molecule has 2 N–H and O–H groups in total. The van der Waals surface area contributed by atoms with Crippen LogP contribution in [-0.2, 0) is 11.3 Å². The van der Waals surface area contributed by atoms with Crippen molar-refractivity contribution in [2.24, 2.45) is 5.92 Å². The zero-order valence-corrected chi connectivity index (χ0v) is 12.5. The van der Waals surface area contributed by atoms with E-state index in [0.717, 1.165) is 23.7 Å². The van der Waals surface area contributed by atoms with Crippen LogP contribution in [-0.4, -0.2) is 18.2 Å². The molecule has 0 saturated heterocycles. The van der Waals surface area contributed by atoms with E-state index >= 15 is 0 Å². The van der Waals surface area contributed by atoms with E-state index < -0.39 is 5.60 Å². The van der Waals surface area contributed by atoms with Crippen LogP contribution in [0.2, 0.25) is 0 Å². The van der Waals surface area contributed by atoms with Crippen LogP contribution in [0.25, 0.3) is 0 Å². The first-order chi connectivity index (χ1) is 9.44. The lowest BCUT2D eigenvalue weighted by Gasteiger charge is -2.20. The molecule has 0 atom stereocenters. The third-order valence-electron chi connectivity index (χ3n) is 3.12. The predicted octanol–water partition coefficient (Wildman–Crippen LogP) is 3.53. The molecule has 1 saturated carbocycles. The van der Waals surface area contributed by atoms with Gasteiger partial charge >= 0.3 is 6.09 Å². The van der Waals surface area contributed by atoms with Gasteiger partial charge in [0.05, 0.1) is 0 Å². The summed E-state index contributed by atoms with van der Waals surface area (Å²) in [5.41, 5.74) is 1.71. The number of hydrogen-bond acceptors (Lipinski definition) is 3. The number of amides is 1. The van der Waals surface area contributed by atoms with Crippen molar-refractivity contribution >= 4 is 11.8 Å². The van der Waals surface area contributed by atoms with Crippen LogP contribution in [0.3, 0.4) is 0 Å². The summed E-state index contributed by atoms with van der Waals surface area (Å²) >= 11 is 0. The number of carbonyl (C=O) groups excluding carboxylic acids is 1. The van der Waals surface area contributed by atoms with Gasteiger partial charge in [0, 0.05) is 18.8 Å². The highest BCUT2D eigenvalue weighted by Gasteiger charge is 2.21. The fourth-order valence-corrected chi connectivity index (χ4v) is 1.90. The lowest BCUT2D eigenvalue weighted by atomic mass is 10.1. The summed E-state index contributed by atoms with van der Waals surface area (Å²) in [6.45, 7) is 7.07. The lowest BCUT2D eigenvalue weighted by Crippen LogP contribution is -2.32. The fourth-order valence-electron chi connectivity index (χ4n) is 1.90. The molecule has 1 aliphatic rings. The van der Waals surface area contributed by atoms with Crippen LogP contribution < -0.4 is 10.6 Å². The number of ether oxygens (including phenoxy) is 1. The number of hydrogen-bond donors (Lipinski definition) is 2. The summed E-state index contributed by atoms with van der Waals surface area (Å²) < 4.78 is 5.24. The molecule has 1 aromatic carbocycles. The van der Waals surface area contributed by atoms with Crippen molar-refractivity contribution in [3.8, 4) is 0 Å². The molecule has 4 nitrogen and oxygen atoms in total. The van der Waals surface area contributed by atoms with Gasteiger partial charge in [-0.15, -0.1) is 0 Å². The molecule has 0 heterocycles. The highest BCUT2D eigenvalue weighted by atomic mass is 16.6. The molecule has 4 heteroatoms. The van der Waals surface area contributed by atoms with Crippen molar-refractivity contribution in [1.82, 2.24) is 5.32 Å². The van der Waals surface area contributed by atoms with Gasteiger partial charge in [-0.1, -0.05) is 18.2 Å². The highest BCUT2D eigenvalue weighted by Crippen LogP contribution is 2.29. The average Bonchev–Trinajstić information content (AvgIpc) is 3.17. The number of nitrogens with one attached hydrogen (secondary N) is 2. The van der Waals surface area contributed by atoms with E-state index in [2.05, 4.69) is 16.7 Å². The number of anilines is 1. The Hall–Kier alpha value is -1.71. The van der Waals surface area contributed by atoms with E-state index in [4.69, 9.17) is 4.74 Å². The Morgan fingerprint density at radius 3 is 2.65 bits per heavy atom. The number of para-hydroxylation sites is 1. The summed E-state index contributed by atoms with van der Waals surface area (Å²) in [6, 6.07) is 8.06. The van der Waals surface area contributed by atoms with Crippen molar-refractivity contribution in [2.45, 2.75) is 45.8 Å². The van der Waals surface area contributed by atoms with Crippen LogP contribution in [0.4, 0.5) is 10.5 Å². The lowest BCUT2D eigenvalue weighted by molar-refractivity contribution is 0.0523. The molecular formula is C16H24N2O2. The first kappa shape index (κ1) is 14.7. The number of carbonyl (C=O) groups is 1. The molecule has 20 heavy (non-hydrogen) atoms. The maximum Gasteiger partial charge on any atom is 0.407 e. The SMILES string of the molecule is CC(C)(C)OC(=O)NCc1ccccc1NCC1CC1. The first-order valence-electron chi connectivity index (χ1n) is 7.23. The minimum Gasteiger partial charge on any atom is -0.444 e. The van der Waals surface area contributed by atoms with Gasteiger partial charge in [0.1, 0.15) is 5.60 Å². The van der Waals surface area contributed by atoms with Crippen LogP contribution in [0.1, 0.15) is 39.2 Å². The summed E-state index contributed by atoms with van der Waals surface area (Å²) in [5.74, 6) is 0.821. The van der Waals surface area contributed by atoms with Gasteiger partial charge in [-0.05, 0) is 51.2 Å². The third-order valence-corrected chi connectivity index (χ3v) is 3.12. The Balaban J connectivity index is 1.86. The zero-order valence-electron chi connectivity index (χ0n) is 12.5. The Labute approximate surface area is 120 Å². The van der Waals surface area contributed by atoms with Crippen LogP contribution in [0.5, 0.6) is 0 Å². The Morgan fingerprint density at radius 1 is 1.30 bits per heavy atom. The van der Waals surface area contributed by atoms with Gasteiger partial charge in [-0.2, -0.15) is 0 Å². The predicted molar refractivity (Wildman–Crippen MR) is 80.7 cm³/mol. The van der Waals surface area contributed by atoms with Crippen molar-refractivity contribution in [2.75, 3.05) is 11.9 Å². The Kier molecular flexibility index (Phi) is 4.53. The second-order valence-electron chi connectivity index (χ2n) is 6.34. The van der Waals surface area contributed by atoms with Gasteiger partial charge in [-0.25, -0.2) is 4.79 Å². The van der Waals surface area contributed by atoms with Gasteiger partial charge in [-0.3, -0.25) is 0 Å². The normalized spacial score (nSPS) is 14.8. The molecule has 0 aliphatic heterocycles. The van der Waals surface area contributed by atoms with Crippen molar-refractivity contribution in [3.05, 3.63) is 29.8 Å². The molecule has 1 fully saturated rings. The van der Waals surface area contributed by atoms with Crippen molar-refractivity contribution in [3.63, 3.8) is 0 Å². The number of alkyl carbamates (subject to hydrolysis) is 1. The van der Waals surface area contributed by atoms with Gasteiger partial charge in [0.2, 0.25) is 0 Å². The standard InChI is InChI=1S/C16H24N2O2/c1-16(2,3)20-15(19)18-11-13-6-4-5-7-14(13)17-10-12-8-9-12/h4-7,12,17H,8-11H2,1-3H3,(H,18,19). The van der Waals surface area contributed by atoms with E-state index in [1.807, 2.05) is 39.0 Å². The smallest absolute Gasteiger partial charge is 0.407 e. The maximum atomic E-state index is 11.7. The largest absolute Gasteiger partial charge is 0.444 e. The Bertz CT molecular complexity index is 462. The van der Waals surface area contributed by atoms with Gasteiger partial charge in [0.25, 0.3) is 0 Å². The molecule has 110 valence electrons.